The van der Waals surface area contributed by atoms with Crippen molar-refractivity contribution in [1.29, 1.82) is 0 Å². The molecule has 0 aromatic heterocycles. The highest BCUT2D eigenvalue weighted by Crippen LogP contribution is 1.98. The summed E-state index contributed by atoms with van der Waals surface area (Å²) in [6, 6.07) is 0. The molecule has 0 aromatic carbocycles. The molecule has 0 aliphatic carbocycles. The van der Waals surface area contributed by atoms with Gasteiger partial charge < -0.3 is 4.90 Å². The number of rotatable bonds is 3. The Kier molecular flexibility index (Phi) is 5.03. The van der Waals surface area contributed by atoms with Crippen molar-refractivity contribution in [2.75, 3.05) is 6.54 Å². The number of hydrogen-bond acceptors (Lipinski definition) is 1. The molecule has 0 aliphatic heterocycles. The van der Waals surface area contributed by atoms with Gasteiger partial charge in [0, 0.05) is 12.7 Å². The molecule has 0 aliphatic rings. The van der Waals surface area contributed by atoms with Gasteiger partial charge in [-0.15, -0.1) is 0 Å². The fourth-order valence-corrected chi connectivity index (χ4v) is 0.783. The summed E-state index contributed by atoms with van der Waals surface area (Å²) in [7, 11) is 0. The summed E-state index contributed by atoms with van der Waals surface area (Å²) in [6.07, 6.45) is 4.39. The zero-order valence-electron chi connectivity index (χ0n) is 6.30. The first-order valence-electron chi connectivity index (χ1n) is 3.31. The van der Waals surface area contributed by atoms with E-state index >= 15 is 0 Å². The molecule has 10 heavy (non-hydrogen) atoms. The van der Waals surface area contributed by atoms with Crippen LogP contribution in [0.4, 0.5) is 4.79 Å². The van der Waals surface area contributed by atoms with Gasteiger partial charge in [0.05, 0.1) is 0 Å². The summed E-state index contributed by atoms with van der Waals surface area (Å²) in [6.45, 7) is 4.53. The first-order valence-corrected chi connectivity index (χ1v) is 3.69. The second-order valence-electron chi connectivity index (χ2n) is 1.93. The van der Waals surface area contributed by atoms with Crippen molar-refractivity contribution in [2.45, 2.75) is 20.3 Å². The van der Waals surface area contributed by atoms with Gasteiger partial charge in [0.2, 0.25) is 0 Å². The third kappa shape index (κ3) is 3.51. The second-order valence-corrected chi connectivity index (χ2v) is 2.25. The Labute approximate surface area is 66.5 Å². The van der Waals surface area contributed by atoms with Crippen LogP contribution in [0.2, 0.25) is 0 Å². The third-order valence-corrected chi connectivity index (χ3v) is 1.24. The van der Waals surface area contributed by atoms with Gasteiger partial charge in [-0.25, -0.2) is 0 Å². The van der Waals surface area contributed by atoms with Crippen LogP contribution < -0.4 is 0 Å². The zero-order chi connectivity index (χ0) is 7.98. The lowest BCUT2D eigenvalue weighted by molar-refractivity contribution is 0.238. The first kappa shape index (κ1) is 9.50. The molecule has 0 heterocycles. The first-order chi connectivity index (χ1) is 4.72. The van der Waals surface area contributed by atoms with Crippen LogP contribution in [0.15, 0.2) is 12.3 Å². The minimum absolute atomic E-state index is 0.417. The Balaban J connectivity index is 3.85. The van der Waals surface area contributed by atoms with Crippen LogP contribution in [0, 0.1) is 0 Å². The molecule has 0 saturated carbocycles. The molecule has 1 amide bonds. The SMILES string of the molecule is CC=CN(CCC)C(=O)Cl. The molecule has 2 nitrogen and oxygen atoms in total. The van der Waals surface area contributed by atoms with Gasteiger partial charge >= 0.3 is 5.37 Å². The molecule has 0 fully saturated rings. The van der Waals surface area contributed by atoms with E-state index in [4.69, 9.17) is 11.6 Å². The van der Waals surface area contributed by atoms with Crippen molar-refractivity contribution in [3.63, 3.8) is 0 Å². The summed E-state index contributed by atoms with van der Waals surface area (Å²) < 4.78 is 0. The molecule has 0 unspecified atom stereocenters. The van der Waals surface area contributed by atoms with Crippen molar-refractivity contribution in [1.82, 2.24) is 4.90 Å². The number of halogens is 1. The van der Waals surface area contributed by atoms with E-state index < -0.39 is 5.37 Å². The standard InChI is InChI=1S/C7H12ClNO/c1-3-5-9(6-4-2)7(8)10/h3,5H,4,6H2,1-2H3. The summed E-state index contributed by atoms with van der Waals surface area (Å²) in [5.74, 6) is 0. The number of nitrogens with zero attached hydrogens (tertiary/aromatic N) is 1. The third-order valence-electron chi connectivity index (χ3n) is 1.02. The lowest BCUT2D eigenvalue weighted by Crippen LogP contribution is -2.20. The predicted molar refractivity (Wildman–Crippen MR) is 43.1 cm³/mol. The van der Waals surface area contributed by atoms with Crippen LogP contribution in [0.3, 0.4) is 0 Å². The molecule has 0 bridgehead atoms. The number of amides is 1. The van der Waals surface area contributed by atoms with E-state index in [0.29, 0.717) is 6.54 Å². The van der Waals surface area contributed by atoms with E-state index in [-0.39, 0.29) is 0 Å². The van der Waals surface area contributed by atoms with Crippen LogP contribution in [-0.2, 0) is 0 Å². The largest absolute Gasteiger partial charge is 0.320 e. The highest BCUT2D eigenvalue weighted by Gasteiger charge is 2.03. The molecule has 0 saturated heterocycles. The fraction of sp³-hybridized carbons (Fsp3) is 0.571. The minimum atomic E-state index is -0.417. The lowest BCUT2D eigenvalue weighted by Gasteiger charge is -2.11. The van der Waals surface area contributed by atoms with Crippen molar-refractivity contribution >= 4 is 17.0 Å². The maximum Gasteiger partial charge on any atom is 0.320 e. The van der Waals surface area contributed by atoms with Crippen LogP contribution in [0.5, 0.6) is 0 Å². The molecule has 0 radical (unpaired) electrons. The van der Waals surface area contributed by atoms with E-state index in [1.165, 1.54) is 4.90 Å². The molecule has 0 spiro atoms. The van der Waals surface area contributed by atoms with Crippen molar-refractivity contribution in [3.05, 3.63) is 12.3 Å². The van der Waals surface area contributed by atoms with Crippen LogP contribution >= 0.6 is 11.6 Å². The number of hydrogen-bond donors (Lipinski definition) is 0. The molecular formula is C7H12ClNO. The summed E-state index contributed by atoms with van der Waals surface area (Å²) in [4.78, 5) is 12.0. The van der Waals surface area contributed by atoms with E-state index in [9.17, 15) is 4.79 Å². The monoisotopic (exact) mass is 161 g/mol. The molecule has 0 rings (SSSR count). The van der Waals surface area contributed by atoms with Crippen LogP contribution in [0.25, 0.3) is 0 Å². The van der Waals surface area contributed by atoms with Gasteiger partial charge in [0.15, 0.2) is 0 Å². The fourth-order valence-electron chi connectivity index (χ4n) is 0.642. The van der Waals surface area contributed by atoms with Gasteiger partial charge in [-0.2, -0.15) is 0 Å². The van der Waals surface area contributed by atoms with Crippen LogP contribution in [0.1, 0.15) is 20.3 Å². The summed E-state index contributed by atoms with van der Waals surface area (Å²) in [5, 5.41) is -0.417. The van der Waals surface area contributed by atoms with Gasteiger partial charge in [0.25, 0.3) is 0 Å². The quantitative estimate of drug-likeness (QED) is 0.460. The van der Waals surface area contributed by atoms with E-state index in [1.54, 1.807) is 12.3 Å². The Morgan fingerprint density at radius 3 is 2.60 bits per heavy atom. The molecule has 0 N–H and O–H groups in total. The van der Waals surface area contributed by atoms with E-state index in [1.807, 2.05) is 13.8 Å². The Bertz CT molecular complexity index is 134. The molecule has 0 aromatic rings. The maximum absolute atomic E-state index is 10.6. The highest BCUT2D eigenvalue weighted by atomic mass is 35.5. The molecule has 3 heteroatoms. The van der Waals surface area contributed by atoms with Crippen LogP contribution in [-0.4, -0.2) is 16.8 Å². The van der Waals surface area contributed by atoms with Gasteiger partial charge in [-0.1, -0.05) is 13.0 Å². The normalized spacial score (nSPS) is 10.3. The molecular weight excluding hydrogens is 150 g/mol. The van der Waals surface area contributed by atoms with Crippen molar-refractivity contribution < 1.29 is 4.79 Å². The van der Waals surface area contributed by atoms with E-state index in [0.717, 1.165) is 6.42 Å². The average Bonchev–Trinajstić information content (AvgIpc) is 1.87. The zero-order valence-corrected chi connectivity index (χ0v) is 7.06. The topological polar surface area (TPSA) is 20.3 Å². The molecule has 58 valence electrons. The molecule has 0 atom stereocenters. The predicted octanol–water partition coefficient (Wildman–Crippen LogP) is 2.59. The minimum Gasteiger partial charge on any atom is -0.306 e. The van der Waals surface area contributed by atoms with Gasteiger partial charge in [-0.3, -0.25) is 4.79 Å². The maximum atomic E-state index is 10.6. The van der Waals surface area contributed by atoms with Crippen molar-refractivity contribution in [2.24, 2.45) is 0 Å². The smallest absolute Gasteiger partial charge is 0.306 e. The second kappa shape index (κ2) is 5.30. The number of carbonyl (C=O) groups excluding carboxylic acids is 1. The van der Waals surface area contributed by atoms with Gasteiger partial charge in [-0.05, 0) is 24.9 Å². The van der Waals surface area contributed by atoms with Crippen molar-refractivity contribution in [3.8, 4) is 0 Å². The lowest BCUT2D eigenvalue weighted by atomic mass is 10.4. The number of carbonyl (C=O) groups is 1. The summed E-state index contributed by atoms with van der Waals surface area (Å²) >= 11 is 5.24. The Morgan fingerprint density at radius 2 is 2.30 bits per heavy atom. The Morgan fingerprint density at radius 1 is 1.70 bits per heavy atom. The number of allylic oxidation sites excluding steroid dienone is 1. The average molecular weight is 162 g/mol. The highest BCUT2D eigenvalue weighted by molar-refractivity contribution is 6.62. The Hall–Kier alpha value is -0.500. The summed E-state index contributed by atoms with van der Waals surface area (Å²) in [5.41, 5.74) is 0. The van der Waals surface area contributed by atoms with E-state index in [2.05, 4.69) is 0 Å². The van der Waals surface area contributed by atoms with Gasteiger partial charge in [0.1, 0.15) is 0 Å².